The SMILES string of the molecule is Clc1cccc(-c2nc(Cl)c3n2CCNC3)c1. The molecule has 0 bridgehead atoms. The van der Waals surface area contributed by atoms with Crippen LogP contribution >= 0.6 is 23.2 Å². The fourth-order valence-corrected chi connectivity index (χ4v) is 2.55. The third-order valence-corrected chi connectivity index (χ3v) is 3.45. The first kappa shape index (κ1) is 11.1. The summed E-state index contributed by atoms with van der Waals surface area (Å²) >= 11 is 12.1. The van der Waals surface area contributed by atoms with Crippen LogP contribution in [0.4, 0.5) is 0 Å². The molecule has 0 amide bonds. The van der Waals surface area contributed by atoms with Crippen LogP contribution in [-0.2, 0) is 13.1 Å². The first-order chi connectivity index (χ1) is 8.25. The fraction of sp³-hybridized carbons (Fsp3) is 0.250. The van der Waals surface area contributed by atoms with E-state index in [9.17, 15) is 0 Å². The van der Waals surface area contributed by atoms with Gasteiger partial charge in [-0.05, 0) is 12.1 Å². The Morgan fingerprint density at radius 3 is 3.00 bits per heavy atom. The molecular formula is C12H11Cl2N3. The molecule has 0 fully saturated rings. The minimum atomic E-state index is 0.576. The van der Waals surface area contributed by atoms with Crippen molar-refractivity contribution in [2.45, 2.75) is 13.1 Å². The molecule has 0 saturated heterocycles. The number of aromatic nitrogens is 2. The Morgan fingerprint density at radius 2 is 2.18 bits per heavy atom. The molecule has 1 aromatic carbocycles. The van der Waals surface area contributed by atoms with Gasteiger partial charge in [0.25, 0.3) is 0 Å². The summed E-state index contributed by atoms with van der Waals surface area (Å²) in [5, 5.41) is 4.58. The van der Waals surface area contributed by atoms with E-state index in [4.69, 9.17) is 23.2 Å². The monoisotopic (exact) mass is 267 g/mol. The van der Waals surface area contributed by atoms with Crippen molar-refractivity contribution in [2.75, 3.05) is 6.54 Å². The van der Waals surface area contributed by atoms with Gasteiger partial charge in [-0.3, -0.25) is 0 Å². The van der Waals surface area contributed by atoms with Crippen molar-refractivity contribution < 1.29 is 0 Å². The van der Waals surface area contributed by atoms with Crippen molar-refractivity contribution in [3.05, 3.63) is 40.1 Å². The standard InChI is InChI=1S/C12H11Cl2N3/c13-9-3-1-2-8(6-9)12-16-11(14)10-7-15-4-5-17(10)12/h1-3,6,15H,4-5,7H2. The van der Waals surface area contributed by atoms with E-state index in [-0.39, 0.29) is 0 Å². The first-order valence-electron chi connectivity index (χ1n) is 5.47. The minimum absolute atomic E-state index is 0.576. The van der Waals surface area contributed by atoms with Crippen LogP contribution in [0.1, 0.15) is 5.69 Å². The van der Waals surface area contributed by atoms with Gasteiger partial charge < -0.3 is 9.88 Å². The fourth-order valence-electron chi connectivity index (χ4n) is 2.11. The van der Waals surface area contributed by atoms with Crippen molar-refractivity contribution in [3.63, 3.8) is 0 Å². The topological polar surface area (TPSA) is 29.9 Å². The lowest BCUT2D eigenvalue weighted by molar-refractivity contribution is 0.520. The number of rotatable bonds is 1. The summed E-state index contributed by atoms with van der Waals surface area (Å²) in [6.07, 6.45) is 0. The zero-order valence-electron chi connectivity index (χ0n) is 9.08. The number of fused-ring (bicyclic) bond motifs is 1. The Hall–Kier alpha value is -1.03. The van der Waals surface area contributed by atoms with Gasteiger partial charge in [0.1, 0.15) is 5.82 Å². The van der Waals surface area contributed by atoms with Gasteiger partial charge >= 0.3 is 0 Å². The Morgan fingerprint density at radius 1 is 1.29 bits per heavy atom. The molecular weight excluding hydrogens is 257 g/mol. The number of imidazole rings is 1. The molecule has 17 heavy (non-hydrogen) atoms. The molecule has 88 valence electrons. The second-order valence-electron chi connectivity index (χ2n) is 4.01. The number of hydrogen-bond acceptors (Lipinski definition) is 2. The van der Waals surface area contributed by atoms with Crippen LogP contribution in [0.2, 0.25) is 10.2 Å². The molecule has 0 saturated carbocycles. The lowest BCUT2D eigenvalue weighted by atomic mass is 10.2. The normalized spacial score (nSPS) is 14.7. The summed E-state index contributed by atoms with van der Waals surface area (Å²) in [6.45, 7) is 2.59. The summed E-state index contributed by atoms with van der Waals surface area (Å²) in [5.41, 5.74) is 2.06. The van der Waals surface area contributed by atoms with Crippen molar-refractivity contribution in [3.8, 4) is 11.4 Å². The molecule has 1 aliphatic rings. The van der Waals surface area contributed by atoms with E-state index in [2.05, 4.69) is 14.9 Å². The third kappa shape index (κ3) is 1.95. The quantitative estimate of drug-likeness (QED) is 0.861. The van der Waals surface area contributed by atoms with Gasteiger partial charge in [-0.25, -0.2) is 4.98 Å². The molecule has 0 radical (unpaired) electrons. The summed E-state index contributed by atoms with van der Waals surface area (Å²) in [5.74, 6) is 0.897. The summed E-state index contributed by atoms with van der Waals surface area (Å²) in [6, 6.07) is 7.69. The molecule has 2 heterocycles. The lowest BCUT2D eigenvalue weighted by Crippen LogP contribution is -2.28. The molecule has 0 atom stereocenters. The molecule has 3 rings (SSSR count). The smallest absolute Gasteiger partial charge is 0.152 e. The second kappa shape index (κ2) is 4.33. The molecule has 1 N–H and O–H groups in total. The molecule has 2 aromatic rings. The highest BCUT2D eigenvalue weighted by Crippen LogP contribution is 2.28. The molecule has 5 heteroatoms. The maximum Gasteiger partial charge on any atom is 0.152 e. The highest BCUT2D eigenvalue weighted by atomic mass is 35.5. The van der Waals surface area contributed by atoms with E-state index in [1.807, 2.05) is 24.3 Å². The molecule has 1 aliphatic heterocycles. The highest BCUT2D eigenvalue weighted by Gasteiger charge is 2.19. The largest absolute Gasteiger partial charge is 0.324 e. The van der Waals surface area contributed by atoms with E-state index in [0.717, 1.165) is 36.7 Å². The average molecular weight is 268 g/mol. The lowest BCUT2D eigenvalue weighted by Gasteiger charge is -2.17. The van der Waals surface area contributed by atoms with Crippen LogP contribution in [0.15, 0.2) is 24.3 Å². The molecule has 0 unspecified atom stereocenters. The van der Waals surface area contributed by atoms with E-state index < -0.39 is 0 Å². The Kier molecular flexibility index (Phi) is 2.82. The van der Waals surface area contributed by atoms with Crippen molar-refractivity contribution in [1.82, 2.24) is 14.9 Å². The molecule has 0 aliphatic carbocycles. The Labute approximate surface area is 109 Å². The number of nitrogens with one attached hydrogen (secondary N) is 1. The maximum atomic E-state index is 6.15. The van der Waals surface area contributed by atoms with E-state index in [1.54, 1.807) is 0 Å². The van der Waals surface area contributed by atoms with Gasteiger partial charge in [-0.2, -0.15) is 0 Å². The highest BCUT2D eigenvalue weighted by molar-refractivity contribution is 6.31. The molecule has 0 spiro atoms. The van der Waals surface area contributed by atoms with Crippen LogP contribution < -0.4 is 5.32 Å². The summed E-state index contributed by atoms with van der Waals surface area (Å²) in [7, 11) is 0. The van der Waals surface area contributed by atoms with Gasteiger partial charge in [0.15, 0.2) is 5.15 Å². The van der Waals surface area contributed by atoms with Crippen LogP contribution in [-0.4, -0.2) is 16.1 Å². The van der Waals surface area contributed by atoms with Gasteiger partial charge in [0.2, 0.25) is 0 Å². The van der Waals surface area contributed by atoms with E-state index in [1.165, 1.54) is 0 Å². The number of benzene rings is 1. The zero-order valence-corrected chi connectivity index (χ0v) is 10.6. The van der Waals surface area contributed by atoms with Crippen molar-refractivity contribution in [1.29, 1.82) is 0 Å². The summed E-state index contributed by atoms with van der Waals surface area (Å²) < 4.78 is 2.16. The molecule has 3 nitrogen and oxygen atoms in total. The summed E-state index contributed by atoms with van der Waals surface area (Å²) in [4.78, 5) is 4.43. The Bertz CT molecular complexity index is 563. The average Bonchev–Trinajstić information content (AvgIpc) is 2.68. The van der Waals surface area contributed by atoms with E-state index in [0.29, 0.717) is 10.2 Å². The minimum Gasteiger partial charge on any atom is -0.324 e. The Balaban J connectivity index is 2.15. The first-order valence-corrected chi connectivity index (χ1v) is 6.23. The van der Waals surface area contributed by atoms with Crippen molar-refractivity contribution in [2.24, 2.45) is 0 Å². The van der Waals surface area contributed by atoms with Crippen LogP contribution in [0.5, 0.6) is 0 Å². The number of nitrogens with zero attached hydrogens (tertiary/aromatic N) is 2. The van der Waals surface area contributed by atoms with E-state index >= 15 is 0 Å². The predicted octanol–water partition coefficient (Wildman–Crippen LogP) is 2.96. The second-order valence-corrected chi connectivity index (χ2v) is 4.81. The van der Waals surface area contributed by atoms with Crippen LogP contribution in [0.3, 0.4) is 0 Å². The van der Waals surface area contributed by atoms with Gasteiger partial charge in [-0.15, -0.1) is 0 Å². The van der Waals surface area contributed by atoms with Gasteiger partial charge in [-0.1, -0.05) is 35.3 Å². The number of hydrogen-bond donors (Lipinski definition) is 1. The molecule has 1 aromatic heterocycles. The number of halogens is 2. The van der Waals surface area contributed by atoms with Gasteiger partial charge in [0, 0.05) is 30.2 Å². The zero-order chi connectivity index (χ0) is 11.8. The third-order valence-electron chi connectivity index (χ3n) is 2.91. The van der Waals surface area contributed by atoms with Crippen molar-refractivity contribution >= 4 is 23.2 Å². The van der Waals surface area contributed by atoms with Gasteiger partial charge in [0.05, 0.1) is 5.69 Å². The predicted molar refractivity (Wildman–Crippen MR) is 69.4 cm³/mol. The maximum absolute atomic E-state index is 6.15. The van der Waals surface area contributed by atoms with Crippen LogP contribution in [0, 0.1) is 0 Å². The van der Waals surface area contributed by atoms with Crippen LogP contribution in [0.25, 0.3) is 11.4 Å².